The second-order valence-corrected chi connectivity index (χ2v) is 5.28. The number of rotatable bonds is 0. The number of hydrogen-bond acceptors (Lipinski definition) is 2. The van der Waals surface area contributed by atoms with Crippen LogP contribution in [0.1, 0.15) is 27.2 Å². The molecule has 0 N–H and O–H groups in total. The van der Waals surface area contributed by atoms with Crippen molar-refractivity contribution in [1.82, 2.24) is 9.71 Å². The lowest BCUT2D eigenvalue weighted by Crippen LogP contribution is -2.70. The van der Waals surface area contributed by atoms with Gasteiger partial charge < -0.3 is 4.81 Å². The van der Waals surface area contributed by atoms with Gasteiger partial charge in [-0.1, -0.05) is 0 Å². The lowest BCUT2D eigenvalue weighted by molar-refractivity contribution is -0.0447. The van der Waals surface area contributed by atoms with Gasteiger partial charge in [-0.05, 0) is 27.2 Å². The van der Waals surface area contributed by atoms with Crippen LogP contribution in [0.25, 0.3) is 0 Å². The monoisotopic (exact) mass is 166 g/mol. The highest BCUT2D eigenvalue weighted by Gasteiger charge is 2.43. The molecule has 3 aliphatic heterocycles. The summed E-state index contributed by atoms with van der Waals surface area (Å²) in [4.78, 5) is 5.15. The lowest BCUT2D eigenvalue weighted by Gasteiger charge is -2.58. The zero-order valence-corrected chi connectivity index (χ0v) is 8.67. The van der Waals surface area contributed by atoms with E-state index in [0.29, 0.717) is 5.54 Å². The van der Waals surface area contributed by atoms with Crippen LogP contribution in [0.3, 0.4) is 0 Å². The number of fused-ring (bicyclic) bond motifs is 2. The van der Waals surface area contributed by atoms with Gasteiger partial charge in [-0.15, -0.1) is 0 Å². The van der Waals surface area contributed by atoms with Gasteiger partial charge >= 0.3 is 0 Å². The summed E-state index contributed by atoms with van der Waals surface area (Å²) in [7, 11) is 2.26. The minimum Gasteiger partial charge on any atom is -0.341 e. The summed E-state index contributed by atoms with van der Waals surface area (Å²) in [6.45, 7) is 9.50. The van der Waals surface area contributed by atoms with E-state index in [1.165, 1.54) is 19.5 Å². The third-order valence-corrected chi connectivity index (χ3v) is 3.51. The Morgan fingerprint density at radius 2 is 1.67 bits per heavy atom. The fraction of sp³-hybridized carbons (Fsp3) is 1.00. The SMILES string of the molecule is BN1C2CC1CN(C(C)(C)C)C2. The van der Waals surface area contributed by atoms with Crippen LogP contribution in [0.15, 0.2) is 0 Å². The Morgan fingerprint density at radius 3 is 2.00 bits per heavy atom. The van der Waals surface area contributed by atoms with E-state index in [1.807, 2.05) is 0 Å². The van der Waals surface area contributed by atoms with Gasteiger partial charge in [0.25, 0.3) is 0 Å². The predicted octanol–water partition coefficient (Wildman–Crippen LogP) is 0.0915. The van der Waals surface area contributed by atoms with Gasteiger partial charge in [0.05, 0.1) is 0 Å². The van der Waals surface area contributed by atoms with E-state index in [1.54, 1.807) is 0 Å². The predicted molar refractivity (Wildman–Crippen MR) is 53.9 cm³/mol. The Bertz CT molecular complexity index is 175. The Balaban J connectivity index is 1.99. The van der Waals surface area contributed by atoms with Crippen LogP contribution >= 0.6 is 0 Å². The van der Waals surface area contributed by atoms with Gasteiger partial charge in [0.1, 0.15) is 0 Å². The molecule has 2 unspecified atom stereocenters. The Kier molecular flexibility index (Phi) is 1.78. The van der Waals surface area contributed by atoms with Gasteiger partial charge in [0.15, 0.2) is 7.98 Å². The summed E-state index contributed by atoms with van der Waals surface area (Å²) in [5, 5.41) is 0. The van der Waals surface area contributed by atoms with Gasteiger partial charge in [0, 0.05) is 30.7 Å². The number of piperidine rings is 1. The van der Waals surface area contributed by atoms with Crippen molar-refractivity contribution in [3.8, 4) is 0 Å². The summed E-state index contributed by atoms with van der Waals surface area (Å²) >= 11 is 0. The highest BCUT2D eigenvalue weighted by Crippen LogP contribution is 2.33. The average molecular weight is 166 g/mol. The maximum Gasteiger partial charge on any atom is 0.186 e. The topological polar surface area (TPSA) is 6.48 Å². The quantitative estimate of drug-likeness (QED) is 0.470. The molecule has 0 aromatic rings. The first-order valence-electron chi connectivity index (χ1n) is 4.95. The molecule has 2 atom stereocenters. The average Bonchev–Trinajstić information content (AvgIpc) is 2.02. The molecule has 12 heavy (non-hydrogen) atoms. The highest BCUT2D eigenvalue weighted by atomic mass is 15.3. The molecule has 3 fully saturated rings. The van der Waals surface area contributed by atoms with Crippen LogP contribution in [-0.4, -0.2) is 48.4 Å². The molecule has 0 spiro atoms. The maximum absolute atomic E-state index is 2.62. The fourth-order valence-corrected chi connectivity index (χ4v) is 2.34. The molecule has 3 saturated heterocycles. The molecule has 3 rings (SSSR count). The van der Waals surface area contributed by atoms with Crippen molar-refractivity contribution in [2.45, 2.75) is 44.8 Å². The normalized spacial score (nSPS) is 37.9. The van der Waals surface area contributed by atoms with Crippen LogP contribution in [0.4, 0.5) is 0 Å². The molecule has 0 aliphatic carbocycles. The number of nitrogens with zero attached hydrogens (tertiary/aromatic N) is 2. The van der Waals surface area contributed by atoms with E-state index in [4.69, 9.17) is 0 Å². The van der Waals surface area contributed by atoms with Crippen molar-refractivity contribution in [2.75, 3.05) is 13.1 Å². The van der Waals surface area contributed by atoms with Crippen molar-refractivity contribution in [3.63, 3.8) is 0 Å². The minimum atomic E-state index is 0.373. The fourth-order valence-electron chi connectivity index (χ4n) is 2.34. The molecule has 2 nitrogen and oxygen atoms in total. The zero-order chi connectivity index (χ0) is 8.93. The van der Waals surface area contributed by atoms with E-state index in [-0.39, 0.29) is 0 Å². The molecule has 3 aliphatic rings. The molecule has 0 amide bonds. The third kappa shape index (κ3) is 1.19. The smallest absolute Gasteiger partial charge is 0.186 e. The van der Waals surface area contributed by atoms with Crippen LogP contribution in [0.5, 0.6) is 0 Å². The van der Waals surface area contributed by atoms with Crippen LogP contribution in [0.2, 0.25) is 0 Å². The summed E-state index contributed by atoms with van der Waals surface area (Å²) in [6, 6.07) is 1.70. The van der Waals surface area contributed by atoms with Crippen LogP contribution in [-0.2, 0) is 0 Å². The van der Waals surface area contributed by atoms with E-state index in [9.17, 15) is 0 Å². The minimum absolute atomic E-state index is 0.373. The van der Waals surface area contributed by atoms with E-state index >= 15 is 0 Å². The standard InChI is InChI=1S/C9H19BN2/c1-9(2,3)11-5-7-4-8(6-11)12(7)10/h7-8H,4-6,10H2,1-3H3. The Hall–Kier alpha value is -0.0151. The molecular weight excluding hydrogens is 147 g/mol. The largest absolute Gasteiger partial charge is 0.341 e. The zero-order valence-electron chi connectivity index (χ0n) is 8.67. The Labute approximate surface area is 76.3 Å². The van der Waals surface area contributed by atoms with Crippen molar-refractivity contribution >= 4 is 7.98 Å². The molecule has 68 valence electrons. The first-order chi connectivity index (χ1) is 5.48. The van der Waals surface area contributed by atoms with E-state index in [2.05, 4.69) is 38.5 Å². The highest BCUT2D eigenvalue weighted by molar-refractivity contribution is 6.05. The maximum atomic E-state index is 2.62. The molecule has 0 saturated carbocycles. The molecule has 0 aromatic carbocycles. The summed E-state index contributed by atoms with van der Waals surface area (Å²) in [5.41, 5.74) is 0.373. The molecule has 2 bridgehead atoms. The van der Waals surface area contributed by atoms with Crippen molar-refractivity contribution in [1.29, 1.82) is 0 Å². The second-order valence-electron chi connectivity index (χ2n) is 5.28. The van der Waals surface area contributed by atoms with Crippen molar-refractivity contribution in [3.05, 3.63) is 0 Å². The molecule has 0 radical (unpaired) electrons. The van der Waals surface area contributed by atoms with Crippen molar-refractivity contribution in [2.24, 2.45) is 0 Å². The molecular formula is C9H19BN2. The first-order valence-corrected chi connectivity index (χ1v) is 4.95. The van der Waals surface area contributed by atoms with Crippen LogP contribution < -0.4 is 0 Å². The van der Waals surface area contributed by atoms with E-state index in [0.717, 1.165) is 12.1 Å². The third-order valence-electron chi connectivity index (χ3n) is 3.51. The first kappa shape index (κ1) is 8.58. The van der Waals surface area contributed by atoms with Gasteiger partial charge in [-0.3, -0.25) is 4.90 Å². The molecule has 3 heterocycles. The van der Waals surface area contributed by atoms with Gasteiger partial charge in [0.2, 0.25) is 0 Å². The summed E-state index contributed by atoms with van der Waals surface area (Å²) in [5.74, 6) is 0. The summed E-state index contributed by atoms with van der Waals surface area (Å²) in [6.07, 6.45) is 1.43. The van der Waals surface area contributed by atoms with Gasteiger partial charge in [-0.2, -0.15) is 0 Å². The Morgan fingerprint density at radius 1 is 1.17 bits per heavy atom. The molecule has 0 aromatic heterocycles. The number of hydrogen-bond donors (Lipinski definition) is 0. The van der Waals surface area contributed by atoms with Crippen LogP contribution in [0, 0.1) is 0 Å². The number of piperazine rings is 1. The van der Waals surface area contributed by atoms with Crippen molar-refractivity contribution < 1.29 is 0 Å². The molecule has 3 heteroatoms. The lowest BCUT2D eigenvalue weighted by atomic mass is 9.82. The van der Waals surface area contributed by atoms with E-state index < -0.39 is 0 Å². The second kappa shape index (κ2) is 2.49. The van der Waals surface area contributed by atoms with Gasteiger partial charge in [-0.25, -0.2) is 0 Å². The summed E-state index contributed by atoms with van der Waals surface area (Å²) < 4.78 is 0.